The maximum atomic E-state index is 4.42. The summed E-state index contributed by atoms with van der Waals surface area (Å²) < 4.78 is 1.28. The SMILES string of the molecule is Cc1nc2c3c(ccc2s1)N3. The Labute approximate surface area is 67.9 Å². The van der Waals surface area contributed by atoms with E-state index < -0.39 is 0 Å². The van der Waals surface area contributed by atoms with Gasteiger partial charge in [-0.05, 0) is 19.1 Å². The molecule has 0 saturated heterocycles. The van der Waals surface area contributed by atoms with Gasteiger partial charge in [0.1, 0.15) is 5.52 Å². The first-order valence-corrected chi connectivity index (χ1v) is 4.33. The number of fused-ring (bicyclic) bond motifs is 3. The van der Waals surface area contributed by atoms with Crippen LogP contribution in [0, 0.1) is 6.92 Å². The summed E-state index contributed by atoms with van der Waals surface area (Å²) >= 11 is 1.75. The first-order valence-electron chi connectivity index (χ1n) is 3.52. The number of thiazole rings is 1. The van der Waals surface area contributed by atoms with Gasteiger partial charge in [0.2, 0.25) is 0 Å². The van der Waals surface area contributed by atoms with Crippen LogP contribution in [0.1, 0.15) is 5.01 Å². The zero-order valence-electron chi connectivity index (χ0n) is 6.01. The Morgan fingerprint density at radius 3 is 3.27 bits per heavy atom. The van der Waals surface area contributed by atoms with Gasteiger partial charge in [0.15, 0.2) is 0 Å². The molecule has 2 aromatic rings. The minimum atomic E-state index is 1.14. The Bertz CT molecular complexity index is 445. The molecule has 1 aliphatic heterocycles. The molecule has 0 atom stereocenters. The molecule has 2 heterocycles. The van der Waals surface area contributed by atoms with Gasteiger partial charge in [-0.25, -0.2) is 4.98 Å². The van der Waals surface area contributed by atoms with Crippen LogP contribution < -0.4 is 5.32 Å². The fourth-order valence-corrected chi connectivity index (χ4v) is 2.14. The van der Waals surface area contributed by atoms with Gasteiger partial charge in [0.05, 0.1) is 21.1 Å². The highest BCUT2D eigenvalue weighted by Crippen LogP contribution is 2.45. The summed E-state index contributed by atoms with van der Waals surface area (Å²) in [6, 6.07) is 4.23. The Kier molecular flexibility index (Phi) is 0.786. The first-order chi connectivity index (χ1) is 5.34. The van der Waals surface area contributed by atoms with E-state index in [1.54, 1.807) is 11.3 Å². The van der Waals surface area contributed by atoms with Crippen molar-refractivity contribution in [2.45, 2.75) is 6.92 Å². The van der Waals surface area contributed by atoms with Crippen molar-refractivity contribution in [2.24, 2.45) is 0 Å². The van der Waals surface area contributed by atoms with Gasteiger partial charge >= 0.3 is 0 Å². The van der Waals surface area contributed by atoms with E-state index in [0.29, 0.717) is 0 Å². The van der Waals surface area contributed by atoms with Crippen molar-refractivity contribution in [1.29, 1.82) is 0 Å². The highest BCUT2D eigenvalue weighted by molar-refractivity contribution is 7.18. The van der Waals surface area contributed by atoms with Crippen LogP contribution in [0.25, 0.3) is 10.2 Å². The number of anilines is 2. The van der Waals surface area contributed by atoms with Crippen molar-refractivity contribution in [2.75, 3.05) is 5.32 Å². The van der Waals surface area contributed by atoms with E-state index in [2.05, 4.69) is 22.4 Å². The molecule has 0 unspecified atom stereocenters. The van der Waals surface area contributed by atoms with Crippen molar-refractivity contribution in [1.82, 2.24) is 4.98 Å². The largest absolute Gasteiger partial charge is 0.350 e. The van der Waals surface area contributed by atoms with Crippen molar-refractivity contribution >= 4 is 32.9 Å². The number of aryl methyl sites for hydroxylation is 1. The van der Waals surface area contributed by atoms with E-state index in [-0.39, 0.29) is 0 Å². The second-order valence-electron chi connectivity index (χ2n) is 2.69. The molecule has 1 aromatic carbocycles. The van der Waals surface area contributed by atoms with E-state index in [1.807, 2.05) is 6.92 Å². The molecule has 54 valence electrons. The minimum absolute atomic E-state index is 1.14. The predicted molar refractivity (Wildman–Crippen MR) is 47.6 cm³/mol. The molecule has 1 aromatic heterocycles. The number of hydrogen-bond acceptors (Lipinski definition) is 3. The molecule has 0 spiro atoms. The summed E-state index contributed by atoms with van der Waals surface area (Å²) in [6.07, 6.45) is 0. The van der Waals surface area contributed by atoms with E-state index in [4.69, 9.17) is 0 Å². The summed E-state index contributed by atoms with van der Waals surface area (Å²) in [7, 11) is 0. The first kappa shape index (κ1) is 5.55. The molecule has 0 saturated carbocycles. The molecule has 0 bridgehead atoms. The van der Waals surface area contributed by atoms with Crippen LogP contribution in [0.2, 0.25) is 0 Å². The zero-order chi connectivity index (χ0) is 7.42. The lowest BCUT2D eigenvalue weighted by molar-refractivity contribution is 1.35. The maximum Gasteiger partial charge on any atom is 0.107 e. The molecule has 0 fully saturated rings. The van der Waals surface area contributed by atoms with Gasteiger partial charge in [-0.3, -0.25) is 0 Å². The van der Waals surface area contributed by atoms with Crippen LogP contribution >= 0.6 is 11.3 Å². The van der Waals surface area contributed by atoms with E-state index in [9.17, 15) is 0 Å². The van der Waals surface area contributed by atoms with Crippen LogP contribution in [0.5, 0.6) is 0 Å². The minimum Gasteiger partial charge on any atom is -0.350 e. The van der Waals surface area contributed by atoms with Gasteiger partial charge in [0.25, 0.3) is 0 Å². The van der Waals surface area contributed by atoms with E-state index in [1.165, 1.54) is 16.1 Å². The summed E-state index contributed by atoms with van der Waals surface area (Å²) in [6.45, 7) is 2.04. The zero-order valence-corrected chi connectivity index (χ0v) is 6.83. The average molecular weight is 162 g/mol. The van der Waals surface area contributed by atoms with Crippen LogP contribution in [-0.4, -0.2) is 4.98 Å². The number of benzene rings is 1. The maximum absolute atomic E-state index is 4.42. The third-order valence-corrected chi connectivity index (χ3v) is 2.80. The summed E-state index contributed by atoms with van der Waals surface area (Å²) in [5, 5.41) is 4.33. The Hall–Kier alpha value is -1.09. The van der Waals surface area contributed by atoms with Gasteiger partial charge in [-0.15, -0.1) is 11.3 Å². The quantitative estimate of drug-likeness (QED) is 0.516. The second-order valence-corrected chi connectivity index (χ2v) is 3.93. The smallest absolute Gasteiger partial charge is 0.107 e. The highest BCUT2D eigenvalue weighted by atomic mass is 32.1. The molecular weight excluding hydrogens is 156 g/mol. The van der Waals surface area contributed by atoms with Crippen molar-refractivity contribution in [3.05, 3.63) is 17.1 Å². The molecule has 1 aliphatic rings. The van der Waals surface area contributed by atoms with Gasteiger partial charge in [-0.1, -0.05) is 0 Å². The van der Waals surface area contributed by atoms with Gasteiger partial charge in [0, 0.05) is 0 Å². The van der Waals surface area contributed by atoms with E-state index in [0.717, 1.165) is 10.5 Å². The lowest BCUT2D eigenvalue weighted by Gasteiger charge is -1.77. The molecule has 0 aliphatic carbocycles. The number of nitrogens with one attached hydrogen (secondary N) is 1. The molecule has 11 heavy (non-hydrogen) atoms. The molecule has 3 heteroatoms. The Morgan fingerprint density at radius 2 is 2.36 bits per heavy atom. The van der Waals surface area contributed by atoms with Gasteiger partial charge < -0.3 is 5.32 Å². The topological polar surface area (TPSA) is 34.8 Å². The monoisotopic (exact) mass is 162 g/mol. The lowest BCUT2D eigenvalue weighted by Crippen LogP contribution is -1.63. The number of hydrogen-bond donors (Lipinski definition) is 1. The lowest BCUT2D eigenvalue weighted by atomic mass is 10.3. The van der Waals surface area contributed by atoms with Crippen molar-refractivity contribution in [3.8, 4) is 0 Å². The number of rotatable bonds is 0. The average Bonchev–Trinajstić information content (AvgIpc) is 2.67. The standard InChI is InChI=1S/C8H6N2S/c1-4-9-8-6(11-4)3-2-5-7(8)10-5/h2-3,10H,1H3. The third kappa shape index (κ3) is 0.634. The Balaban J connectivity index is 2.55. The molecule has 2 nitrogen and oxygen atoms in total. The summed E-state index contributed by atoms with van der Waals surface area (Å²) in [5.74, 6) is 0. The second kappa shape index (κ2) is 1.56. The number of nitrogens with zero attached hydrogens (tertiary/aromatic N) is 1. The summed E-state index contributed by atoms with van der Waals surface area (Å²) in [5.41, 5.74) is 3.61. The fraction of sp³-hybridized carbons (Fsp3) is 0.125. The van der Waals surface area contributed by atoms with Crippen molar-refractivity contribution in [3.63, 3.8) is 0 Å². The molecule has 3 rings (SSSR count). The van der Waals surface area contributed by atoms with Crippen molar-refractivity contribution < 1.29 is 0 Å². The molecule has 0 amide bonds. The fourth-order valence-electron chi connectivity index (χ4n) is 1.31. The van der Waals surface area contributed by atoms with Gasteiger partial charge in [-0.2, -0.15) is 0 Å². The number of aromatic nitrogens is 1. The highest BCUT2D eigenvalue weighted by Gasteiger charge is 2.20. The van der Waals surface area contributed by atoms with Crippen LogP contribution in [0.3, 0.4) is 0 Å². The molecular formula is C8H6N2S. The van der Waals surface area contributed by atoms with E-state index >= 15 is 0 Å². The third-order valence-electron chi connectivity index (χ3n) is 1.86. The molecule has 0 radical (unpaired) electrons. The normalized spacial score (nSPS) is 12.8. The van der Waals surface area contributed by atoms with Crippen LogP contribution in [0.4, 0.5) is 11.4 Å². The Morgan fingerprint density at radius 1 is 1.45 bits per heavy atom. The van der Waals surface area contributed by atoms with Crippen LogP contribution in [0.15, 0.2) is 12.1 Å². The predicted octanol–water partition coefficient (Wildman–Crippen LogP) is 2.66. The summed E-state index contributed by atoms with van der Waals surface area (Å²) in [4.78, 5) is 4.42. The van der Waals surface area contributed by atoms with Crippen LogP contribution in [-0.2, 0) is 0 Å². The molecule has 1 N–H and O–H groups in total.